The third-order valence-electron chi connectivity index (χ3n) is 4.47. The fourth-order valence-electron chi connectivity index (χ4n) is 3.09. The van der Waals surface area contributed by atoms with E-state index in [-0.39, 0.29) is 16.7 Å². The molecule has 9 heteroatoms. The van der Waals surface area contributed by atoms with E-state index < -0.39 is 17.5 Å². The number of aromatic nitrogens is 2. The van der Waals surface area contributed by atoms with Gasteiger partial charge in [0.2, 0.25) is 5.62 Å². The summed E-state index contributed by atoms with van der Waals surface area (Å²) in [6.07, 6.45) is -3.51. The maximum Gasteiger partial charge on any atom is 0.416 e. The molecule has 0 aliphatic carbocycles. The van der Waals surface area contributed by atoms with Crippen LogP contribution in [-0.4, -0.2) is 53.1 Å². The minimum absolute atomic E-state index is 0.233. The average Bonchev–Trinajstić information content (AvgIpc) is 2.60. The number of hydrogen-bond donors (Lipinski definition) is 1. The summed E-state index contributed by atoms with van der Waals surface area (Å²) in [7, 11) is 2.00. The Balaban J connectivity index is 2.53. The Bertz CT molecular complexity index is 927. The molecule has 0 saturated heterocycles. The van der Waals surface area contributed by atoms with Crippen LogP contribution in [0.25, 0.3) is 11.3 Å². The molecule has 2 aromatic rings. The van der Waals surface area contributed by atoms with Crippen LogP contribution in [0.3, 0.4) is 0 Å². The van der Waals surface area contributed by atoms with Gasteiger partial charge in [-0.05, 0) is 57.6 Å². The van der Waals surface area contributed by atoms with Crippen molar-refractivity contribution in [3.05, 3.63) is 40.6 Å². The molecule has 158 valence electrons. The van der Waals surface area contributed by atoms with Crippen LogP contribution in [0.15, 0.2) is 28.3 Å². The molecule has 0 bridgehead atoms. The van der Waals surface area contributed by atoms with Crippen LogP contribution in [0.2, 0.25) is 0 Å². The number of aryl methyl sites for hydroxylation is 2. The molecule has 0 aliphatic heterocycles. The number of halogens is 3. The van der Waals surface area contributed by atoms with Crippen molar-refractivity contribution in [1.82, 2.24) is 14.6 Å². The molecule has 1 heterocycles. The van der Waals surface area contributed by atoms with E-state index in [9.17, 15) is 18.3 Å². The van der Waals surface area contributed by atoms with E-state index in [1.54, 1.807) is 13.0 Å². The van der Waals surface area contributed by atoms with Crippen molar-refractivity contribution in [1.29, 1.82) is 0 Å². The van der Waals surface area contributed by atoms with Gasteiger partial charge in [-0.15, -0.1) is 0 Å². The predicted molar refractivity (Wildman–Crippen MR) is 107 cm³/mol. The summed E-state index contributed by atoms with van der Waals surface area (Å²) in [6, 6.07) is 3.34. The first kappa shape index (κ1) is 22.6. The van der Waals surface area contributed by atoms with Gasteiger partial charge in [-0.25, -0.2) is 14.7 Å². The number of likely N-dealkylation sites (N-methyl/N-ethyl adjacent to an activating group) is 1. The smallest absolute Gasteiger partial charge is 0.416 e. The summed E-state index contributed by atoms with van der Waals surface area (Å²) in [4.78, 5) is 11.0. The van der Waals surface area contributed by atoms with Gasteiger partial charge < -0.3 is 10.0 Å². The molecule has 0 amide bonds. The number of aromatic hydroxyl groups is 1. The van der Waals surface area contributed by atoms with Crippen molar-refractivity contribution in [2.75, 3.05) is 26.7 Å². The molecule has 2 rings (SSSR count). The first-order valence-corrected chi connectivity index (χ1v) is 9.26. The summed E-state index contributed by atoms with van der Waals surface area (Å²) in [5.41, 5.74) is 0.837. The van der Waals surface area contributed by atoms with Crippen LogP contribution in [0.1, 0.15) is 30.2 Å². The van der Waals surface area contributed by atoms with E-state index in [1.807, 2.05) is 7.05 Å². The van der Waals surface area contributed by atoms with Crippen molar-refractivity contribution in [3.8, 4) is 17.0 Å². The Hall–Kier alpha value is -2.68. The zero-order chi connectivity index (χ0) is 21.8. The summed E-state index contributed by atoms with van der Waals surface area (Å²) in [5, 5.41) is 14.2. The Morgan fingerprint density at radius 1 is 1.21 bits per heavy atom. The van der Waals surface area contributed by atoms with E-state index in [0.717, 1.165) is 25.6 Å². The van der Waals surface area contributed by atoms with Gasteiger partial charge in [0.15, 0.2) is 0 Å². The monoisotopic (exact) mass is 409 g/mol. The Labute approximate surface area is 168 Å². The number of phenolic OH excluding ortho intramolecular Hbond substituents is 1. The highest BCUT2D eigenvalue weighted by Crippen LogP contribution is 2.38. The number of alkyl halides is 3. The third-order valence-corrected chi connectivity index (χ3v) is 4.47. The topological polar surface area (TPSA) is 66.0 Å². The fourth-order valence-corrected chi connectivity index (χ4v) is 3.09. The van der Waals surface area contributed by atoms with Gasteiger partial charge in [0.1, 0.15) is 5.75 Å². The predicted octanol–water partition coefficient (Wildman–Crippen LogP) is 3.60. The van der Waals surface area contributed by atoms with Gasteiger partial charge in [-0.1, -0.05) is 6.92 Å². The lowest BCUT2D eigenvalue weighted by atomic mass is 10.00. The zero-order valence-electron chi connectivity index (χ0n) is 17.1. The summed E-state index contributed by atoms with van der Waals surface area (Å²) in [6.45, 7) is 11.0. The molecule has 0 aliphatic rings. The largest absolute Gasteiger partial charge is 0.507 e. The van der Waals surface area contributed by atoms with Gasteiger partial charge in [0.25, 0.3) is 0 Å². The first-order valence-electron chi connectivity index (χ1n) is 9.26. The number of nitrogens with zero attached hydrogens (tertiary/aromatic N) is 5. The van der Waals surface area contributed by atoms with E-state index in [0.29, 0.717) is 24.0 Å². The van der Waals surface area contributed by atoms with Crippen LogP contribution < -0.4 is 5.62 Å². The van der Waals surface area contributed by atoms with Crippen molar-refractivity contribution in [2.24, 2.45) is 10.1 Å². The molecule has 0 atom stereocenters. The minimum atomic E-state index is -4.54. The van der Waals surface area contributed by atoms with Crippen LogP contribution in [0, 0.1) is 13.8 Å². The van der Waals surface area contributed by atoms with Crippen LogP contribution in [-0.2, 0) is 6.18 Å². The number of benzene rings is 1. The Morgan fingerprint density at radius 2 is 1.90 bits per heavy atom. The van der Waals surface area contributed by atoms with Gasteiger partial charge in [0, 0.05) is 24.5 Å². The molecule has 6 nitrogen and oxygen atoms in total. The van der Waals surface area contributed by atoms with Crippen LogP contribution >= 0.6 is 0 Å². The summed E-state index contributed by atoms with van der Waals surface area (Å²) >= 11 is 0. The van der Waals surface area contributed by atoms with Gasteiger partial charge in [-0.2, -0.15) is 18.3 Å². The molecule has 0 saturated carbocycles. The van der Waals surface area contributed by atoms with Crippen LogP contribution in [0.4, 0.5) is 13.2 Å². The summed E-state index contributed by atoms with van der Waals surface area (Å²) in [5.74, 6) is -0.484. The van der Waals surface area contributed by atoms with E-state index in [4.69, 9.17) is 0 Å². The Kier molecular flexibility index (Phi) is 7.18. The van der Waals surface area contributed by atoms with E-state index >= 15 is 0 Å². The molecule has 0 radical (unpaired) electrons. The standard InChI is InChI=1S/C20H26F3N5O/c1-6-8-27(5)9-7-25-19-26-16(11-14(3)28(19)24-4)18-13(2)10-15(12-17(18)29)20(21,22)23/h10-12,29H,4,6-9H2,1-3,5H3. The average molecular weight is 409 g/mol. The second-order valence-corrected chi connectivity index (χ2v) is 6.91. The molecule has 1 aromatic carbocycles. The van der Waals surface area contributed by atoms with Gasteiger partial charge in [0.05, 0.1) is 17.8 Å². The van der Waals surface area contributed by atoms with E-state index in [2.05, 4.69) is 33.6 Å². The van der Waals surface area contributed by atoms with Gasteiger partial charge >= 0.3 is 6.18 Å². The maximum atomic E-state index is 13.0. The Morgan fingerprint density at radius 3 is 2.45 bits per heavy atom. The lowest BCUT2D eigenvalue weighted by Gasteiger charge is -2.15. The molecule has 1 aromatic heterocycles. The second-order valence-electron chi connectivity index (χ2n) is 6.91. The maximum absolute atomic E-state index is 13.0. The fraction of sp³-hybridized carbons (Fsp3) is 0.450. The minimum Gasteiger partial charge on any atom is -0.507 e. The third kappa shape index (κ3) is 5.44. The highest BCUT2D eigenvalue weighted by molar-refractivity contribution is 5.71. The lowest BCUT2D eigenvalue weighted by molar-refractivity contribution is -0.137. The van der Waals surface area contributed by atoms with Crippen molar-refractivity contribution in [2.45, 2.75) is 33.4 Å². The van der Waals surface area contributed by atoms with E-state index in [1.165, 1.54) is 11.6 Å². The zero-order valence-corrected chi connectivity index (χ0v) is 17.1. The second kappa shape index (κ2) is 9.21. The van der Waals surface area contributed by atoms with Gasteiger partial charge in [-0.3, -0.25) is 0 Å². The highest BCUT2D eigenvalue weighted by Gasteiger charge is 2.32. The van der Waals surface area contributed by atoms with Crippen molar-refractivity contribution < 1.29 is 18.3 Å². The number of phenols is 1. The SMILES string of the molecule is C=Nn1c(C)cc(-c2c(C)cc(C(F)(F)F)cc2O)nc1=NCCN(C)CCC. The molecule has 0 unspecified atom stereocenters. The molecular formula is C20H26F3N5O. The van der Waals surface area contributed by atoms with Crippen molar-refractivity contribution in [3.63, 3.8) is 0 Å². The lowest BCUT2D eigenvalue weighted by Crippen LogP contribution is -2.27. The normalized spacial score (nSPS) is 12.6. The molecule has 29 heavy (non-hydrogen) atoms. The molecule has 0 fully saturated rings. The molecule has 1 N–H and O–H groups in total. The summed E-state index contributed by atoms with van der Waals surface area (Å²) < 4.78 is 40.5. The highest BCUT2D eigenvalue weighted by atomic mass is 19.4. The number of rotatable bonds is 7. The first-order chi connectivity index (χ1) is 13.6. The van der Waals surface area contributed by atoms with Crippen molar-refractivity contribution >= 4 is 6.72 Å². The molecule has 0 spiro atoms. The number of hydrogen-bond acceptors (Lipinski definition) is 5. The molecular weight excluding hydrogens is 383 g/mol. The quantitative estimate of drug-likeness (QED) is 0.711. The van der Waals surface area contributed by atoms with Crippen LogP contribution in [0.5, 0.6) is 5.75 Å².